The van der Waals surface area contributed by atoms with E-state index in [1.54, 1.807) is 0 Å². The molecule has 7 aromatic rings. The normalized spacial score (nSPS) is 20.3. The Hall–Kier alpha value is -5.26. The SMILES string of the molecule is CC(C)(C)c1ccc(N2c3cc(-c4ccccc4[Si](C)(C)C)cc4c3B(c3cc5c(cc3N4c3ccc4c(c3)C(C)(C)CCC4(C)C)C(C)(C)CCC5(C)C)c3c2oc2cc4c(cc32)C(C)(C)CCC4(C)C)cc1. The summed E-state index contributed by atoms with van der Waals surface area (Å²) < 4.78 is 7.70. The van der Waals surface area contributed by atoms with Crippen molar-refractivity contribution in [2.24, 2.45) is 0 Å². The van der Waals surface area contributed by atoms with Gasteiger partial charge in [0.25, 0.3) is 6.71 Å². The fourth-order valence-electron chi connectivity index (χ4n) is 14.5. The van der Waals surface area contributed by atoms with Crippen LogP contribution in [0.25, 0.3) is 22.1 Å². The molecule has 0 saturated carbocycles. The van der Waals surface area contributed by atoms with Crippen molar-refractivity contribution in [2.45, 2.75) is 200 Å². The lowest BCUT2D eigenvalue weighted by Crippen LogP contribution is -2.61. The molecule has 5 aliphatic rings. The van der Waals surface area contributed by atoms with Gasteiger partial charge in [-0.15, -0.1) is 0 Å². The Labute approximate surface area is 446 Å². The highest BCUT2D eigenvalue weighted by Gasteiger charge is 2.50. The molecule has 0 spiro atoms. The molecule has 3 aliphatic carbocycles. The maximum Gasteiger partial charge on any atom is 0.257 e. The van der Waals surface area contributed by atoms with E-state index in [4.69, 9.17) is 4.42 Å². The molecule has 0 atom stereocenters. The third-order valence-electron chi connectivity index (χ3n) is 19.8. The number of rotatable bonds is 4. The molecular formula is C69H83BN2OSi. The zero-order valence-corrected chi connectivity index (χ0v) is 49.4. The van der Waals surface area contributed by atoms with E-state index in [0.717, 1.165) is 42.8 Å². The molecule has 74 heavy (non-hydrogen) atoms. The second kappa shape index (κ2) is 15.7. The Bertz CT molecular complexity index is 3490. The standard InChI is InChI=1S/C69H83BN2OSi/c1-63(2,3)43-23-25-44(26-24-43)72-57-36-42(46-21-19-20-22-59(46)74(16,17)18)35-56-61(57)70(60-47-38-50-53(41-58(47)73-62(60)72)69(14,15)34-31-66(50,8)9)54-39-51-52(68(12,13)33-32-67(51,10)11)40-55(54)71(56)45-27-28-48-49(37-45)65(6,7)30-29-64(48,4)5/h19-28,35-41H,29-34H2,1-18H3. The minimum atomic E-state index is -1.82. The van der Waals surface area contributed by atoms with E-state index in [1.165, 1.54) is 113 Å². The van der Waals surface area contributed by atoms with E-state index < -0.39 is 8.07 Å². The topological polar surface area (TPSA) is 19.6 Å². The first-order chi connectivity index (χ1) is 34.4. The van der Waals surface area contributed by atoms with Crippen molar-refractivity contribution in [3.8, 4) is 11.1 Å². The Morgan fingerprint density at radius 1 is 0.473 bits per heavy atom. The lowest BCUT2D eigenvalue weighted by Gasteiger charge is -2.47. The molecule has 3 heterocycles. The molecule has 0 radical (unpaired) electrons. The average molecular weight is 995 g/mol. The fourth-order valence-corrected chi connectivity index (χ4v) is 16.2. The summed E-state index contributed by atoms with van der Waals surface area (Å²) in [6.07, 6.45) is 6.99. The van der Waals surface area contributed by atoms with Gasteiger partial charge in [-0.1, -0.05) is 177 Å². The van der Waals surface area contributed by atoms with Crippen molar-refractivity contribution in [2.75, 3.05) is 9.80 Å². The Morgan fingerprint density at radius 2 is 0.959 bits per heavy atom. The summed E-state index contributed by atoms with van der Waals surface area (Å²) in [7, 11) is -1.82. The van der Waals surface area contributed by atoms with Crippen LogP contribution in [-0.4, -0.2) is 14.8 Å². The van der Waals surface area contributed by atoms with E-state index in [1.807, 2.05) is 0 Å². The number of benzene rings is 6. The smallest absolute Gasteiger partial charge is 0.257 e. The molecule has 6 aromatic carbocycles. The highest BCUT2D eigenvalue weighted by Crippen LogP contribution is 2.55. The summed E-state index contributed by atoms with van der Waals surface area (Å²) >= 11 is 0. The second-order valence-corrected chi connectivity index (χ2v) is 34.9. The van der Waals surface area contributed by atoms with Crippen molar-refractivity contribution in [1.29, 1.82) is 0 Å². The third-order valence-corrected chi connectivity index (χ3v) is 21.8. The van der Waals surface area contributed by atoms with Gasteiger partial charge in [-0.05, 0) is 192 Å². The number of anilines is 6. The van der Waals surface area contributed by atoms with Crippen LogP contribution in [0.4, 0.5) is 34.3 Å². The molecule has 382 valence electrons. The van der Waals surface area contributed by atoms with Gasteiger partial charge in [-0.3, -0.25) is 4.90 Å². The minimum Gasteiger partial charge on any atom is -0.440 e. The summed E-state index contributed by atoms with van der Waals surface area (Å²) in [4.78, 5) is 5.28. The quantitative estimate of drug-likeness (QED) is 0.164. The third kappa shape index (κ3) is 7.38. The van der Waals surface area contributed by atoms with Crippen LogP contribution in [-0.2, 0) is 37.9 Å². The van der Waals surface area contributed by atoms with E-state index in [-0.39, 0.29) is 44.6 Å². The van der Waals surface area contributed by atoms with Crippen LogP contribution >= 0.6 is 0 Å². The van der Waals surface area contributed by atoms with Crippen LogP contribution in [0.15, 0.2) is 108 Å². The first-order valence-corrected chi connectivity index (χ1v) is 31.8. The van der Waals surface area contributed by atoms with Gasteiger partial charge in [0.1, 0.15) is 5.58 Å². The first kappa shape index (κ1) is 49.6. The van der Waals surface area contributed by atoms with Crippen molar-refractivity contribution < 1.29 is 4.42 Å². The van der Waals surface area contributed by atoms with Crippen LogP contribution in [0, 0.1) is 0 Å². The van der Waals surface area contributed by atoms with Crippen LogP contribution in [0.5, 0.6) is 0 Å². The predicted molar refractivity (Wildman–Crippen MR) is 323 cm³/mol. The summed E-state index contributed by atoms with van der Waals surface area (Å²) in [5.41, 5.74) is 24.3. The number of furan rings is 1. The van der Waals surface area contributed by atoms with Gasteiger partial charge in [0.2, 0.25) is 5.88 Å². The first-order valence-electron chi connectivity index (χ1n) is 28.3. The Morgan fingerprint density at radius 3 is 1.53 bits per heavy atom. The predicted octanol–water partition coefficient (Wildman–Crippen LogP) is 17.1. The summed E-state index contributed by atoms with van der Waals surface area (Å²) in [5.74, 6) is 0.954. The fraction of sp³-hybridized carbons (Fsp3) is 0.449. The molecule has 12 rings (SSSR count). The molecule has 0 N–H and O–H groups in total. The van der Waals surface area contributed by atoms with Crippen molar-refractivity contribution in [3.63, 3.8) is 0 Å². The lowest BCUT2D eigenvalue weighted by molar-refractivity contribution is 0.332. The molecule has 5 heteroatoms. The highest BCUT2D eigenvalue weighted by molar-refractivity contribution is 7.01. The highest BCUT2D eigenvalue weighted by atomic mass is 28.3. The van der Waals surface area contributed by atoms with Crippen LogP contribution in [0.1, 0.15) is 181 Å². The van der Waals surface area contributed by atoms with Gasteiger partial charge < -0.3 is 9.32 Å². The summed E-state index contributed by atoms with van der Waals surface area (Å²) in [6, 6.07) is 42.0. The molecule has 0 bridgehead atoms. The van der Waals surface area contributed by atoms with E-state index in [9.17, 15) is 0 Å². The minimum absolute atomic E-state index is 0.0126. The molecule has 1 aromatic heterocycles. The number of hydrogen-bond acceptors (Lipinski definition) is 3. The van der Waals surface area contributed by atoms with Crippen molar-refractivity contribution in [3.05, 3.63) is 142 Å². The van der Waals surface area contributed by atoms with Gasteiger partial charge in [0.05, 0.1) is 8.07 Å². The number of fused-ring (bicyclic) bond motifs is 9. The largest absolute Gasteiger partial charge is 0.440 e. The zero-order chi connectivity index (χ0) is 52.8. The summed E-state index contributed by atoms with van der Waals surface area (Å²) in [6.45, 7) is 44.1. The van der Waals surface area contributed by atoms with Gasteiger partial charge in [-0.25, -0.2) is 0 Å². The lowest BCUT2D eigenvalue weighted by atomic mass is 9.33. The van der Waals surface area contributed by atoms with E-state index >= 15 is 0 Å². The van der Waals surface area contributed by atoms with Crippen LogP contribution < -0.4 is 31.4 Å². The average Bonchev–Trinajstić information content (AvgIpc) is 3.70. The summed E-state index contributed by atoms with van der Waals surface area (Å²) in [5, 5.41) is 2.74. The molecule has 3 nitrogen and oxygen atoms in total. The number of hydrogen-bond donors (Lipinski definition) is 0. The number of nitrogens with zero attached hydrogens (tertiary/aromatic N) is 2. The maximum absolute atomic E-state index is 7.70. The molecular weight excluding hydrogens is 912 g/mol. The maximum atomic E-state index is 7.70. The van der Waals surface area contributed by atoms with Crippen LogP contribution in [0.2, 0.25) is 19.6 Å². The van der Waals surface area contributed by atoms with Crippen LogP contribution in [0.3, 0.4) is 0 Å². The van der Waals surface area contributed by atoms with Crippen molar-refractivity contribution >= 4 is 81.7 Å². The zero-order valence-electron chi connectivity index (χ0n) is 48.4. The van der Waals surface area contributed by atoms with Gasteiger partial charge >= 0.3 is 0 Å². The van der Waals surface area contributed by atoms with Crippen molar-refractivity contribution in [1.82, 2.24) is 0 Å². The Kier molecular flexibility index (Phi) is 10.5. The second-order valence-electron chi connectivity index (χ2n) is 29.8. The molecule has 0 unspecified atom stereocenters. The van der Waals surface area contributed by atoms with E-state index in [2.05, 4.69) is 236 Å². The molecule has 2 aliphatic heterocycles. The van der Waals surface area contributed by atoms with Gasteiger partial charge in [0.15, 0.2) is 0 Å². The Balaban J connectivity index is 1.27. The van der Waals surface area contributed by atoms with Gasteiger partial charge in [-0.2, -0.15) is 0 Å². The molecule has 0 saturated heterocycles. The molecule has 0 amide bonds. The van der Waals surface area contributed by atoms with Gasteiger partial charge in [0, 0.05) is 39.3 Å². The van der Waals surface area contributed by atoms with E-state index in [0.29, 0.717) is 0 Å². The molecule has 0 fully saturated rings. The monoisotopic (exact) mass is 995 g/mol.